The van der Waals surface area contributed by atoms with Crippen LogP contribution in [-0.4, -0.2) is 11.9 Å². The normalized spacial score (nSPS) is 29.2. The quantitative estimate of drug-likeness (QED) is 0.779. The van der Waals surface area contributed by atoms with Gasteiger partial charge in [0.1, 0.15) is 11.6 Å². The molecular weight excluding hydrogens is 212 g/mol. The average Bonchev–Trinajstić information content (AvgIpc) is 2.40. The van der Waals surface area contributed by atoms with Gasteiger partial charge in [-0.25, -0.2) is 8.78 Å². The first-order valence-electron chi connectivity index (χ1n) is 5.18. The Morgan fingerprint density at radius 3 is 2.31 bits per heavy atom. The molecule has 1 aliphatic rings. The van der Waals surface area contributed by atoms with Crippen LogP contribution in [0.3, 0.4) is 0 Å². The molecule has 2 rings (SSSR count). The van der Waals surface area contributed by atoms with Crippen molar-refractivity contribution >= 4 is 5.91 Å². The number of halogens is 2. The van der Waals surface area contributed by atoms with E-state index in [-0.39, 0.29) is 18.4 Å². The summed E-state index contributed by atoms with van der Waals surface area (Å²) in [5, 5.41) is 2.76. The molecule has 4 heteroatoms. The van der Waals surface area contributed by atoms with E-state index < -0.39 is 17.0 Å². The summed E-state index contributed by atoms with van der Waals surface area (Å²) in [6.45, 7) is 3.68. The summed E-state index contributed by atoms with van der Waals surface area (Å²) >= 11 is 0. The van der Waals surface area contributed by atoms with E-state index in [1.165, 1.54) is 12.1 Å². The molecule has 0 saturated carbocycles. The molecule has 1 heterocycles. The van der Waals surface area contributed by atoms with Gasteiger partial charge in [0.15, 0.2) is 0 Å². The van der Waals surface area contributed by atoms with Crippen molar-refractivity contribution in [3.05, 3.63) is 35.4 Å². The number of hydrogen-bond donors (Lipinski definition) is 1. The molecular formula is C12H13F2NO. The van der Waals surface area contributed by atoms with Gasteiger partial charge in [-0.1, -0.05) is 6.92 Å². The summed E-state index contributed by atoms with van der Waals surface area (Å²) in [7, 11) is 0. The lowest BCUT2D eigenvalue weighted by molar-refractivity contribution is -0.119. The lowest BCUT2D eigenvalue weighted by Crippen LogP contribution is -2.35. The van der Waals surface area contributed by atoms with E-state index in [4.69, 9.17) is 0 Å². The van der Waals surface area contributed by atoms with Crippen molar-refractivity contribution in [1.29, 1.82) is 0 Å². The number of hydrogen-bond acceptors (Lipinski definition) is 1. The van der Waals surface area contributed by atoms with Crippen LogP contribution in [0.1, 0.15) is 25.8 Å². The predicted octanol–water partition coefficient (Wildman–Crippen LogP) is 2.13. The zero-order valence-electron chi connectivity index (χ0n) is 9.18. The number of amides is 1. The van der Waals surface area contributed by atoms with Crippen molar-refractivity contribution in [2.24, 2.45) is 0 Å². The van der Waals surface area contributed by atoms with Gasteiger partial charge in [0, 0.05) is 23.9 Å². The van der Waals surface area contributed by atoms with Crippen molar-refractivity contribution in [3.63, 3.8) is 0 Å². The number of carbonyl (C=O) groups excluding carboxylic acids is 1. The van der Waals surface area contributed by atoms with E-state index in [1.807, 2.05) is 13.8 Å². The van der Waals surface area contributed by atoms with Gasteiger partial charge in [-0.3, -0.25) is 4.79 Å². The molecule has 16 heavy (non-hydrogen) atoms. The minimum absolute atomic E-state index is 0.0836. The van der Waals surface area contributed by atoms with Gasteiger partial charge in [0.25, 0.3) is 0 Å². The fourth-order valence-corrected chi connectivity index (χ4v) is 2.17. The Balaban J connectivity index is 2.46. The van der Waals surface area contributed by atoms with Gasteiger partial charge in [-0.2, -0.15) is 0 Å². The van der Waals surface area contributed by atoms with Crippen LogP contribution in [0.15, 0.2) is 18.2 Å². The van der Waals surface area contributed by atoms with Crippen LogP contribution >= 0.6 is 0 Å². The van der Waals surface area contributed by atoms with E-state index in [1.54, 1.807) is 0 Å². The van der Waals surface area contributed by atoms with E-state index in [0.717, 1.165) is 6.07 Å². The number of rotatable bonds is 1. The molecule has 1 amide bonds. The second kappa shape index (κ2) is 3.54. The first-order chi connectivity index (χ1) is 7.41. The molecule has 1 aromatic carbocycles. The lowest BCUT2D eigenvalue weighted by atomic mass is 9.76. The van der Waals surface area contributed by atoms with E-state index >= 15 is 0 Å². The third-order valence-electron chi connectivity index (χ3n) is 3.38. The monoisotopic (exact) mass is 225 g/mol. The lowest BCUT2D eigenvalue weighted by Gasteiger charge is -2.28. The highest BCUT2D eigenvalue weighted by Gasteiger charge is 2.42. The van der Waals surface area contributed by atoms with Crippen molar-refractivity contribution in [2.75, 3.05) is 0 Å². The standard InChI is InChI=1S/C12H13F2NO/c1-7-12(2,6-11(16)15-7)8-3-9(13)5-10(14)4-8/h3-5,7H,6H2,1-2H3,(H,15,16). The Kier molecular flexibility index (Phi) is 2.45. The average molecular weight is 225 g/mol. The van der Waals surface area contributed by atoms with Crippen LogP contribution in [0.25, 0.3) is 0 Å². The van der Waals surface area contributed by atoms with Crippen LogP contribution in [0, 0.1) is 11.6 Å². The topological polar surface area (TPSA) is 29.1 Å². The Labute approximate surface area is 92.7 Å². The predicted molar refractivity (Wildman–Crippen MR) is 55.9 cm³/mol. The third kappa shape index (κ3) is 1.68. The maximum Gasteiger partial charge on any atom is 0.221 e. The molecule has 86 valence electrons. The second-order valence-electron chi connectivity index (χ2n) is 4.54. The van der Waals surface area contributed by atoms with E-state index in [9.17, 15) is 13.6 Å². The number of benzene rings is 1. The molecule has 2 unspecified atom stereocenters. The van der Waals surface area contributed by atoms with Crippen LogP contribution in [-0.2, 0) is 10.2 Å². The summed E-state index contributed by atoms with van der Waals surface area (Å²) in [4.78, 5) is 11.3. The molecule has 1 aromatic rings. The van der Waals surface area contributed by atoms with Crippen LogP contribution in [0.5, 0.6) is 0 Å². The van der Waals surface area contributed by atoms with Crippen molar-refractivity contribution in [1.82, 2.24) is 5.32 Å². The highest BCUT2D eigenvalue weighted by Crippen LogP contribution is 2.36. The second-order valence-corrected chi connectivity index (χ2v) is 4.54. The first-order valence-corrected chi connectivity index (χ1v) is 5.18. The summed E-state index contributed by atoms with van der Waals surface area (Å²) in [5.74, 6) is -1.30. The van der Waals surface area contributed by atoms with Gasteiger partial charge in [0.05, 0.1) is 0 Å². The smallest absolute Gasteiger partial charge is 0.221 e. The minimum atomic E-state index is -0.609. The van der Waals surface area contributed by atoms with Gasteiger partial charge >= 0.3 is 0 Å². The summed E-state index contributed by atoms with van der Waals surface area (Å²) in [5.41, 5.74) is -0.0177. The minimum Gasteiger partial charge on any atom is -0.353 e. The molecule has 1 N–H and O–H groups in total. The Bertz CT molecular complexity index is 426. The van der Waals surface area contributed by atoms with Gasteiger partial charge in [-0.15, -0.1) is 0 Å². The first kappa shape index (κ1) is 11.0. The zero-order valence-corrected chi connectivity index (χ0v) is 9.18. The highest BCUT2D eigenvalue weighted by molar-refractivity contribution is 5.81. The fraction of sp³-hybridized carbons (Fsp3) is 0.417. The van der Waals surface area contributed by atoms with Crippen LogP contribution in [0.2, 0.25) is 0 Å². The number of nitrogens with one attached hydrogen (secondary N) is 1. The Hall–Kier alpha value is -1.45. The summed E-state index contributed by atoms with van der Waals surface area (Å²) in [6.07, 6.45) is 0.261. The van der Waals surface area contributed by atoms with Gasteiger partial charge < -0.3 is 5.32 Å². The Morgan fingerprint density at radius 2 is 1.88 bits per heavy atom. The van der Waals surface area contributed by atoms with E-state index in [0.29, 0.717) is 5.56 Å². The maximum absolute atomic E-state index is 13.1. The molecule has 0 aromatic heterocycles. The van der Waals surface area contributed by atoms with Crippen LogP contribution < -0.4 is 5.32 Å². The maximum atomic E-state index is 13.1. The molecule has 2 nitrogen and oxygen atoms in total. The molecule has 2 atom stereocenters. The molecule has 1 saturated heterocycles. The van der Waals surface area contributed by atoms with Crippen molar-refractivity contribution < 1.29 is 13.6 Å². The highest BCUT2D eigenvalue weighted by atomic mass is 19.1. The molecule has 0 radical (unpaired) electrons. The summed E-state index contributed by atoms with van der Waals surface area (Å²) in [6, 6.07) is 3.29. The third-order valence-corrected chi connectivity index (χ3v) is 3.38. The molecule has 0 spiro atoms. The summed E-state index contributed by atoms with van der Waals surface area (Å²) < 4.78 is 26.3. The molecule has 1 aliphatic heterocycles. The van der Waals surface area contributed by atoms with Crippen molar-refractivity contribution in [3.8, 4) is 0 Å². The molecule has 0 aliphatic carbocycles. The van der Waals surface area contributed by atoms with Gasteiger partial charge in [0.2, 0.25) is 5.91 Å². The van der Waals surface area contributed by atoms with Crippen LogP contribution in [0.4, 0.5) is 8.78 Å². The Morgan fingerprint density at radius 1 is 1.31 bits per heavy atom. The zero-order chi connectivity index (χ0) is 11.9. The largest absolute Gasteiger partial charge is 0.353 e. The molecule has 0 bridgehead atoms. The fourth-order valence-electron chi connectivity index (χ4n) is 2.17. The SMILES string of the molecule is CC1NC(=O)CC1(C)c1cc(F)cc(F)c1. The number of carbonyl (C=O) groups is 1. The van der Waals surface area contributed by atoms with E-state index in [2.05, 4.69) is 5.32 Å². The van der Waals surface area contributed by atoms with Gasteiger partial charge in [-0.05, 0) is 24.6 Å². The molecule has 1 fully saturated rings. The van der Waals surface area contributed by atoms with Crippen molar-refractivity contribution in [2.45, 2.75) is 31.7 Å².